The van der Waals surface area contributed by atoms with E-state index in [1.807, 2.05) is 0 Å². The molecule has 1 aliphatic rings. The third-order valence-corrected chi connectivity index (χ3v) is 2.72. The summed E-state index contributed by atoms with van der Waals surface area (Å²) < 4.78 is 35.9. The van der Waals surface area contributed by atoms with Crippen LogP contribution in [0.4, 0.5) is 13.2 Å². The van der Waals surface area contributed by atoms with Gasteiger partial charge in [-0.05, 0) is 11.8 Å². The Morgan fingerprint density at radius 1 is 1.42 bits per heavy atom. The Kier molecular flexibility index (Phi) is 1.78. The molecule has 1 nitrogen and oxygen atoms in total. The van der Waals surface area contributed by atoms with Gasteiger partial charge in [-0.15, -0.1) is 0 Å². The van der Waals surface area contributed by atoms with Crippen molar-refractivity contribution in [3.05, 3.63) is 0 Å². The Balaban J connectivity index is 2.69. The molecule has 1 unspecified atom stereocenters. The summed E-state index contributed by atoms with van der Waals surface area (Å²) in [5.41, 5.74) is -1.60. The molecule has 1 atom stereocenters. The number of carbonyl (C=O) groups is 1. The van der Waals surface area contributed by atoms with Gasteiger partial charge in [0, 0.05) is 5.41 Å². The summed E-state index contributed by atoms with van der Waals surface area (Å²) >= 11 is 0. The Hall–Kier alpha value is -0.540. The lowest BCUT2D eigenvalue weighted by Crippen LogP contribution is -2.21. The molecule has 1 aliphatic carbocycles. The second-order valence-corrected chi connectivity index (χ2v) is 4.13. The molecule has 0 radical (unpaired) electrons. The van der Waals surface area contributed by atoms with Crippen molar-refractivity contribution in [2.75, 3.05) is 0 Å². The number of halogens is 3. The van der Waals surface area contributed by atoms with E-state index in [0.29, 0.717) is 12.7 Å². The molecule has 1 fully saturated rings. The van der Waals surface area contributed by atoms with Crippen molar-refractivity contribution in [1.82, 2.24) is 0 Å². The van der Waals surface area contributed by atoms with Crippen molar-refractivity contribution in [2.24, 2.45) is 10.8 Å². The topological polar surface area (TPSA) is 17.1 Å². The molecule has 0 aromatic carbocycles. The van der Waals surface area contributed by atoms with Crippen LogP contribution in [0.1, 0.15) is 26.7 Å². The van der Waals surface area contributed by atoms with Crippen LogP contribution in [0.2, 0.25) is 0 Å². The number of carbonyl (C=O) groups excluding carboxylic acids is 1. The third-order valence-electron chi connectivity index (χ3n) is 2.72. The largest absolute Gasteiger partial charge is 0.390 e. The smallest absolute Gasteiger partial charge is 0.303 e. The summed E-state index contributed by atoms with van der Waals surface area (Å²) in [5, 5.41) is 0. The zero-order chi connectivity index (χ0) is 9.62. The lowest BCUT2D eigenvalue weighted by atomic mass is 9.94. The minimum atomic E-state index is -4.23. The average molecular weight is 180 g/mol. The van der Waals surface area contributed by atoms with Crippen LogP contribution in [-0.2, 0) is 4.79 Å². The van der Waals surface area contributed by atoms with Gasteiger partial charge in [-0.25, -0.2) is 0 Å². The fourth-order valence-electron chi connectivity index (χ4n) is 1.65. The van der Waals surface area contributed by atoms with E-state index in [1.54, 1.807) is 13.8 Å². The zero-order valence-electron chi connectivity index (χ0n) is 7.03. The normalized spacial score (nSPS) is 33.1. The van der Waals surface area contributed by atoms with Crippen LogP contribution in [0.25, 0.3) is 0 Å². The van der Waals surface area contributed by atoms with Crippen LogP contribution >= 0.6 is 0 Å². The Labute approximate surface area is 68.9 Å². The quantitative estimate of drug-likeness (QED) is 0.597. The van der Waals surface area contributed by atoms with Gasteiger partial charge >= 0.3 is 6.18 Å². The zero-order valence-corrected chi connectivity index (χ0v) is 7.03. The highest BCUT2D eigenvalue weighted by Gasteiger charge is 2.64. The van der Waals surface area contributed by atoms with Crippen molar-refractivity contribution in [1.29, 1.82) is 0 Å². The third kappa shape index (κ3) is 1.47. The first-order valence-corrected chi connectivity index (χ1v) is 3.76. The Morgan fingerprint density at radius 3 is 1.92 bits per heavy atom. The van der Waals surface area contributed by atoms with E-state index < -0.39 is 23.4 Å². The molecule has 4 heteroatoms. The second kappa shape index (κ2) is 2.24. The summed E-state index contributed by atoms with van der Waals surface area (Å²) in [7, 11) is 0. The first kappa shape index (κ1) is 9.55. The molecular formula is C8H11F3O. The van der Waals surface area contributed by atoms with Gasteiger partial charge in [-0.1, -0.05) is 13.8 Å². The Morgan fingerprint density at radius 2 is 1.83 bits per heavy atom. The van der Waals surface area contributed by atoms with Gasteiger partial charge in [-0.3, -0.25) is 0 Å². The minimum absolute atomic E-state index is 0.350. The summed E-state index contributed by atoms with van der Waals surface area (Å²) in [5.74, 6) is 0. The van der Waals surface area contributed by atoms with E-state index in [-0.39, 0.29) is 0 Å². The van der Waals surface area contributed by atoms with Crippen molar-refractivity contribution >= 4 is 6.29 Å². The first-order chi connectivity index (χ1) is 5.22. The van der Waals surface area contributed by atoms with Crippen LogP contribution in [0.15, 0.2) is 0 Å². The van der Waals surface area contributed by atoms with Crippen LogP contribution in [0.5, 0.6) is 0 Å². The standard InChI is InChI=1S/C8H11F3O/c1-6(2)3-7(6,5-12)4-8(9,10)11/h5H,3-4H2,1-2H3. The van der Waals surface area contributed by atoms with E-state index in [9.17, 15) is 18.0 Å². The first-order valence-electron chi connectivity index (χ1n) is 3.76. The fourth-order valence-corrected chi connectivity index (χ4v) is 1.65. The summed E-state index contributed by atoms with van der Waals surface area (Å²) in [6, 6.07) is 0. The van der Waals surface area contributed by atoms with Gasteiger partial charge in [0.15, 0.2) is 0 Å². The van der Waals surface area contributed by atoms with Crippen molar-refractivity contribution in [2.45, 2.75) is 32.9 Å². The SMILES string of the molecule is CC1(C)CC1(C=O)CC(F)(F)F. The molecule has 1 saturated carbocycles. The molecule has 1 rings (SSSR count). The van der Waals surface area contributed by atoms with E-state index in [2.05, 4.69) is 0 Å². The average Bonchev–Trinajstić information content (AvgIpc) is 2.30. The number of hydrogen-bond acceptors (Lipinski definition) is 1. The van der Waals surface area contributed by atoms with Crippen LogP contribution in [0, 0.1) is 10.8 Å². The molecule has 0 spiro atoms. The summed E-state index contributed by atoms with van der Waals surface area (Å²) in [6.45, 7) is 3.38. The molecule has 0 saturated heterocycles. The number of rotatable bonds is 2. The predicted molar refractivity (Wildman–Crippen MR) is 37.6 cm³/mol. The van der Waals surface area contributed by atoms with Gasteiger partial charge in [-0.2, -0.15) is 13.2 Å². The minimum Gasteiger partial charge on any atom is -0.303 e. The molecule has 0 N–H and O–H groups in total. The van der Waals surface area contributed by atoms with Gasteiger partial charge in [0.25, 0.3) is 0 Å². The molecule has 0 amide bonds. The van der Waals surface area contributed by atoms with E-state index in [0.717, 1.165) is 0 Å². The molecule has 70 valence electrons. The fraction of sp³-hybridized carbons (Fsp3) is 0.875. The summed E-state index contributed by atoms with van der Waals surface area (Å²) in [4.78, 5) is 10.5. The lowest BCUT2D eigenvalue weighted by molar-refractivity contribution is -0.154. The molecule has 0 heterocycles. The predicted octanol–water partition coefficient (Wildman–Crippen LogP) is 2.55. The maximum atomic E-state index is 12.0. The molecule has 0 aliphatic heterocycles. The van der Waals surface area contributed by atoms with E-state index >= 15 is 0 Å². The molecule has 0 bridgehead atoms. The monoisotopic (exact) mass is 180 g/mol. The second-order valence-electron chi connectivity index (χ2n) is 4.13. The maximum absolute atomic E-state index is 12.0. The highest BCUT2D eigenvalue weighted by atomic mass is 19.4. The molecule has 0 aromatic rings. The maximum Gasteiger partial charge on any atom is 0.390 e. The van der Waals surface area contributed by atoms with Crippen LogP contribution < -0.4 is 0 Å². The van der Waals surface area contributed by atoms with Gasteiger partial charge in [0.05, 0.1) is 6.42 Å². The molecular weight excluding hydrogens is 169 g/mol. The number of aldehydes is 1. The lowest BCUT2D eigenvalue weighted by Gasteiger charge is -2.15. The van der Waals surface area contributed by atoms with Crippen molar-refractivity contribution in [3.63, 3.8) is 0 Å². The highest BCUT2D eigenvalue weighted by molar-refractivity contribution is 5.66. The van der Waals surface area contributed by atoms with Crippen LogP contribution in [0.3, 0.4) is 0 Å². The van der Waals surface area contributed by atoms with Gasteiger partial charge in [0.2, 0.25) is 0 Å². The molecule has 0 aromatic heterocycles. The molecule has 12 heavy (non-hydrogen) atoms. The number of alkyl halides is 3. The number of hydrogen-bond donors (Lipinski definition) is 0. The van der Waals surface area contributed by atoms with Gasteiger partial charge < -0.3 is 4.79 Å². The van der Waals surface area contributed by atoms with Gasteiger partial charge in [0.1, 0.15) is 6.29 Å². The van der Waals surface area contributed by atoms with E-state index in [1.165, 1.54) is 0 Å². The van der Waals surface area contributed by atoms with E-state index in [4.69, 9.17) is 0 Å². The van der Waals surface area contributed by atoms with Crippen molar-refractivity contribution < 1.29 is 18.0 Å². The highest BCUT2D eigenvalue weighted by Crippen LogP contribution is 2.66. The summed E-state index contributed by atoms with van der Waals surface area (Å²) in [6.07, 6.45) is -4.39. The van der Waals surface area contributed by atoms with Crippen molar-refractivity contribution in [3.8, 4) is 0 Å². The Bertz CT molecular complexity index is 207. The van der Waals surface area contributed by atoms with Crippen LogP contribution in [-0.4, -0.2) is 12.5 Å².